The number of halogens is 2. The van der Waals surface area contributed by atoms with Crippen molar-refractivity contribution in [3.8, 4) is 11.4 Å². The van der Waals surface area contributed by atoms with Crippen LogP contribution in [0, 0.1) is 17.6 Å². The van der Waals surface area contributed by atoms with E-state index in [1.807, 2.05) is 0 Å². The second-order valence-electron chi connectivity index (χ2n) is 8.30. The van der Waals surface area contributed by atoms with Gasteiger partial charge in [0.15, 0.2) is 11.5 Å². The number of carbonyl (C=O) groups excluding carboxylic acids is 1. The Kier molecular flexibility index (Phi) is 3.57. The molecule has 1 amide bonds. The van der Waals surface area contributed by atoms with Gasteiger partial charge in [0, 0.05) is 42.8 Å². The highest BCUT2D eigenvalue weighted by Crippen LogP contribution is 2.57. The van der Waals surface area contributed by atoms with Crippen molar-refractivity contribution in [3.05, 3.63) is 70.3 Å². The van der Waals surface area contributed by atoms with Crippen molar-refractivity contribution in [1.29, 1.82) is 0 Å². The SMILES string of the molecule is O=C(c1nn(-c2ccc(F)cc2F)c2c1C[C@H]1C[C@@H]21)N1CCc2ncc(O)cc2C1. The highest BCUT2D eigenvalue weighted by molar-refractivity contribution is 5.94. The first-order valence-corrected chi connectivity index (χ1v) is 10.0. The molecular weight excluding hydrogens is 390 g/mol. The number of hydrogen-bond acceptors (Lipinski definition) is 4. The molecule has 2 atom stereocenters. The quantitative estimate of drug-likeness (QED) is 0.707. The zero-order chi connectivity index (χ0) is 20.6. The Labute approximate surface area is 170 Å². The van der Waals surface area contributed by atoms with Crippen LogP contribution in [0.3, 0.4) is 0 Å². The number of amides is 1. The lowest BCUT2D eigenvalue weighted by atomic mass is 10.0. The first-order chi connectivity index (χ1) is 14.5. The molecule has 3 aromatic rings. The van der Waals surface area contributed by atoms with Crippen LogP contribution in [0.2, 0.25) is 0 Å². The highest BCUT2D eigenvalue weighted by Gasteiger charge is 2.50. The molecule has 152 valence electrons. The second kappa shape index (κ2) is 6.10. The van der Waals surface area contributed by atoms with E-state index in [0.717, 1.165) is 41.4 Å². The summed E-state index contributed by atoms with van der Waals surface area (Å²) in [6.45, 7) is 0.845. The summed E-state index contributed by atoms with van der Waals surface area (Å²) in [4.78, 5) is 19.3. The smallest absolute Gasteiger partial charge is 0.274 e. The molecule has 30 heavy (non-hydrogen) atoms. The lowest BCUT2D eigenvalue weighted by Gasteiger charge is -2.28. The van der Waals surface area contributed by atoms with Gasteiger partial charge in [-0.3, -0.25) is 9.78 Å². The zero-order valence-electron chi connectivity index (χ0n) is 16.0. The van der Waals surface area contributed by atoms with E-state index in [1.54, 1.807) is 11.0 Å². The van der Waals surface area contributed by atoms with E-state index in [2.05, 4.69) is 10.1 Å². The van der Waals surface area contributed by atoms with E-state index < -0.39 is 11.6 Å². The molecule has 2 aliphatic carbocycles. The summed E-state index contributed by atoms with van der Waals surface area (Å²) in [5.74, 6) is -0.728. The van der Waals surface area contributed by atoms with Crippen LogP contribution in [0.25, 0.3) is 5.69 Å². The highest BCUT2D eigenvalue weighted by atomic mass is 19.1. The Morgan fingerprint density at radius 3 is 2.93 bits per heavy atom. The van der Waals surface area contributed by atoms with Gasteiger partial charge in [-0.2, -0.15) is 5.10 Å². The first-order valence-electron chi connectivity index (χ1n) is 10.0. The van der Waals surface area contributed by atoms with Gasteiger partial charge in [0.1, 0.15) is 17.3 Å². The summed E-state index contributed by atoms with van der Waals surface area (Å²) in [5.41, 5.74) is 3.96. The molecule has 0 bridgehead atoms. The first kappa shape index (κ1) is 17.6. The molecule has 1 aromatic carbocycles. The summed E-state index contributed by atoms with van der Waals surface area (Å²) < 4.78 is 29.4. The number of pyridine rings is 1. The molecule has 8 heteroatoms. The Bertz CT molecular complexity index is 1220. The lowest BCUT2D eigenvalue weighted by molar-refractivity contribution is 0.0725. The monoisotopic (exact) mass is 408 g/mol. The van der Waals surface area contributed by atoms with Gasteiger partial charge in [-0.1, -0.05) is 0 Å². The number of benzene rings is 1. The predicted molar refractivity (Wildman–Crippen MR) is 102 cm³/mol. The minimum absolute atomic E-state index is 0.0695. The zero-order valence-corrected chi connectivity index (χ0v) is 16.0. The number of hydrogen-bond donors (Lipinski definition) is 1. The van der Waals surface area contributed by atoms with Crippen molar-refractivity contribution in [3.63, 3.8) is 0 Å². The lowest BCUT2D eigenvalue weighted by Crippen LogP contribution is -2.37. The van der Waals surface area contributed by atoms with Gasteiger partial charge in [0.25, 0.3) is 5.91 Å². The fourth-order valence-corrected chi connectivity index (χ4v) is 4.86. The molecule has 3 heterocycles. The third kappa shape index (κ3) is 2.56. The molecule has 0 spiro atoms. The number of carbonyl (C=O) groups is 1. The van der Waals surface area contributed by atoms with Gasteiger partial charge < -0.3 is 10.0 Å². The van der Waals surface area contributed by atoms with Crippen LogP contribution in [-0.2, 0) is 19.4 Å². The maximum absolute atomic E-state index is 14.5. The fraction of sp³-hybridized carbons (Fsp3) is 0.318. The van der Waals surface area contributed by atoms with Gasteiger partial charge in [-0.25, -0.2) is 13.5 Å². The summed E-state index contributed by atoms with van der Waals surface area (Å²) in [6.07, 6.45) is 3.78. The third-order valence-electron chi connectivity index (χ3n) is 6.42. The maximum Gasteiger partial charge on any atom is 0.274 e. The van der Waals surface area contributed by atoms with Crippen molar-refractivity contribution < 1.29 is 18.7 Å². The van der Waals surface area contributed by atoms with Crippen molar-refractivity contribution in [2.24, 2.45) is 5.92 Å². The van der Waals surface area contributed by atoms with Gasteiger partial charge in [0.05, 0.1) is 11.9 Å². The largest absolute Gasteiger partial charge is 0.506 e. The molecule has 6 nitrogen and oxygen atoms in total. The van der Waals surface area contributed by atoms with Gasteiger partial charge in [-0.05, 0) is 42.5 Å². The van der Waals surface area contributed by atoms with Crippen LogP contribution in [0.15, 0.2) is 30.5 Å². The van der Waals surface area contributed by atoms with E-state index in [-0.39, 0.29) is 23.3 Å². The fourth-order valence-electron chi connectivity index (χ4n) is 4.86. The van der Waals surface area contributed by atoms with Crippen LogP contribution in [0.5, 0.6) is 5.75 Å². The third-order valence-corrected chi connectivity index (χ3v) is 6.42. The molecule has 3 aliphatic rings. The number of fused-ring (bicyclic) bond motifs is 4. The van der Waals surface area contributed by atoms with E-state index in [0.29, 0.717) is 31.1 Å². The predicted octanol–water partition coefficient (Wildman–Crippen LogP) is 3.11. The molecule has 1 fully saturated rings. The van der Waals surface area contributed by atoms with Crippen LogP contribution in [-0.4, -0.2) is 37.2 Å². The average Bonchev–Trinajstić information content (AvgIpc) is 3.23. The second-order valence-corrected chi connectivity index (χ2v) is 8.30. The normalized spacial score (nSPS) is 21.2. The average molecular weight is 408 g/mol. The van der Waals surface area contributed by atoms with E-state index in [4.69, 9.17) is 0 Å². The van der Waals surface area contributed by atoms with E-state index in [1.165, 1.54) is 23.0 Å². The Morgan fingerprint density at radius 1 is 1.23 bits per heavy atom. The van der Waals surface area contributed by atoms with Crippen LogP contribution < -0.4 is 0 Å². The van der Waals surface area contributed by atoms with Crippen LogP contribution >= 0.6 is 0 Å². The molecule has 1 N–H and O–H groups in total. The molecule has 0 saturated heterocycles. The molecule has 0 unspecified atom stereocenters. The van der Waals surface area contributed by atoms with Crippen molar-refractivity contribution in [1.82, 2.24) is 19.7 Å². The topological polar surface area (TPSA) is 71.2 Å². The summed E-state index contributed by atoms with van der Waals surface area (Å²) in [7, 11) is 0. The summed E-state index contributed by atoms with van der Waals surface area (Å²) in [5, 5.41) is 14.2. The molecule has 1 saturated carbocycles. The molecular formula is C22H18F2N4O2. The van der Waals surface area contributed by atoms with Crippen molar-refractivity contribution in [2.75, 3.05) is 6.54 Å². The molecule has 6 rings (SSSR count). The van der Waals surface area contributed by atoms with Crippen LogP contribution in [0.1, 0.15) is 45.3 Å². The van der Waals surface area contributed by atoms with E-state index >= 15 is 0 Å². The van der Waals surface area contributed by atoms with Crippen molar-refractivity contribution >= 4 is 5.91 Å². The van der Waals surface area contributed by atoms with E-state index in [9.17, 15) is 18.7 Å². The number of aromatic hydroxyl groups is 1. The van der Waals surface area contributed by atoms with Gasteiger partial charge in [0.2, 0.25) is 0 Å². The molecule has 1 aliphatic heterocycles. The summed E-state index contributed by atoms with van der Waals surface area (Å²) in [6, 6.07) is 5.04. The van der Waals surface area contributed by atoms with Gasteiger partial charge in [-0.15, -0.1) is 0 Å². The Hall–Kier alpha value is -3.29. The number of nitrogens with zero attached hydrogens (tertiary/aromatic N) is 4. The molecule has 2 aromatic heterocycles. The Morgan fingerprint density at radius 2 is 2.10 bits per heavy atom. The number of rotatable bonds is 2. The minimum atomic E-state index is -0.697. The van der Waals surface area contributed by atoms with Gasteiger partial charge >= 0.3 is 0 Å². The molecule has 0 radical (unpaired) electrons. The summed E-state index contributed by atoms with van der Waals surface area (Å²) >= 11 is 0. The van der Waals surface area contributed by atoms with Crippen molar-refractivity contribution in [2.45, 2.75) is 31.7 Å². The Balaban J connectivity index is 1.39. The number of aromatic nitrogens is 3. The maximum atomic E-state index is 14.5. The van der Waals surface area contributed by atoms with Crippen LogP contribution in [0.4, 0.5) is 8.78 Å². The minimum Gasteiger partial charge on any atom is -0.506 e. The standard InChI is InChI=1S/C22H18F2N4O2/c23-13-1-2-19(17(24)8-13)28-21-15-6-11(15)7-16(21)20(26-28)22(30)27-4-3-18-12(10-27)5-14(29)9-25-18/h1-2,5,8-9,11,15,29H,3-4,6-7,10H2/t11-,15-/m1/s1.